The number of carbonyl (C=O) groups excluding carboxylic acids is 1. The van der Waals surface area contributed by atoms with E-state index in [0.29, 0.717) is 11.9 Å². The predicted molar refractivity (Wildman–Crippen MR) is 106 cm³/mol. The first kappa shape index (κ1) is 17.2. The van der Waals surface area contributed by atoms with Crippen LogP contribution >= 0.6 is 0 Å². The Balaban J connectivity index is 1.31. The summed E-state index contributed by atoms with van der Waals surface area (Å²) in [5.41, 5.74) is 3.77. The number of amides is 1. The predicted octanol–water partition coefficient (Wildman–Crippen LogP) is 2.86. The number of rotatable bonds is 5. The lowest BCUT2D eigenvalue weighted by molar-refractivity contribution is 0.102. The summed E-state index contributed by atoms with van der Waals surface area (Å²) in [7, 11) is 0. The van der Waals surface area contributed by atoms with Gasteiger partial charge in [0, 0.05) is 24.8 Å². The summed E-state index contributed by atoms with van der Waals surface area (Å²) in [5, 5.41) is 17.8. The van der Waals surface area contributed by atoms with Crippen molar-refractivity contribution in [2.75, 3.05) is 17.2 Å². The van der Waals surface area contributed by atoms with Crippen molar-refractivity contribution in [3.05, 3.63) is 83.6 Å². The molecule has 0 saturated carbocycles. The van der Waals surface area contributed by atoms with Crippen molar-refractivity contribution in [2.45, 2.75) is 19.0 Å². The molecule has 0 fully saturated rings. The van der Waals surface area contributed by atoms with Crippen molar-refractivity contribution in [1.82, 2.24) is 15.5 Å². The molecule has 0 bridgehead atoms. The molecule has 6 nitrogen and oxygen atoms in total. The molecule has 3 aromatic rings. The van der Waals surface area contributed by atoms with Crippen LogP contribution in [0.4, 0.5) is 11.5 Å². The van der Waals surface area contributed by atoms with Crippen molar-refractivity contribution in [1.29, 1.82) is 0 Å². The zero-order valence-corrected chi connectivity index (χ0v) is 14.9. The SMILES string of the molecule is O=C(Nc1ccccc1)c1ccc(NCC2Cc3ccccc3CN2)nn1. The van der Waals surface area contributed by atoms with Crippen molar-refractivity contribution < 1.29 is 4.79 Å². The molecule has 2 aromatic carbocycles. The van der Waals surface area contributed by atoms with E-state index in [4.69, 9.17) is 0 Å². The fourth-order valence-electron chi connectivity index (χ4n) is 3.16. The molecule has 0 aliphatic carbocycles. The Morgan fingerprint density at radius 2 is 1.74 bits per heavy atom. The standard InChI is InChI=1S/C21H21N5O/c27-21(24-17-8-2-1-3-9-17)19-10-11-20(26-25-19)23-14-18-12-15-6-4-5-7-16(15)13-22-18/h1-11,18,22H,12-14H2,(H,23,26)(H,24,27). The molecule has 1 atom stereocenters. The summed E-state index contributed by atoms with van der Waals surface area (Å²) >= 11 is 0. The van der Waals surface area contributed by atoms with Crippen LogP contribution in [0.1, 0.15) is 21.6 Å². The van der Waals surface area contributed by atoms with Gasteiger partial charge in [-0.15, -0.1) is 10.2 Å². The smallest absolute Gasteiger partial charge is 0.276 e. The third kappa shape index (κ3) is 4.30. The first-order valence-corrected chi connectivity index (χ1v) is 9.02. The third-order valence-corrected chi connectivity index (χ3v) is 4.62. The van der Waals surface area contributed by atoms with E-state index in [-0.39, 0.29) is 11.6 Å². The maximum atomic E-state index is 12.2. The highest BCUT2D eigenvalue weighted by molar-refractivity contribution is 6.02. The number of hydrogen-bond acceptors (Lipinski definition) is 5. The summed E-state index contributed by atoms with van der Waals surface area (Å²) in [5.74, 6) is 0.387. The Labute approximate surface area is 158 Å². The summed E-state index contributed by atoms with van der Waals surface area (Å²) in [6, 6.07) is 21.6. The van der Waals surface area contributed by atoms with E-state index in [1.165, 1.54) is 11.1 Å². The van der Waals surface area contributed by atoms with Crippen LogP contribution in [0.3, 0.4) is 0 Å². The normalized spacial score (nSPS) is 15.6. The van der Waals surface area contributed by atoms with Gasteiger partial charge in [-0.25, -0.2) is 0 Å². The van der Waals surface area contributed by atoms with Gasteiger partial charge in [-0.2, -0.15) is 0 Å². The van der Waals surface area contributed by atoms with Crippen molar-refractivity contribution in [3.63, 3.8) is 0 Å². The Morgan fingerprint density at radius 3 is 2.52 bits per heavy atom. The highest BCUT2D eigenvalue weighted by atomic mass is 16.1. The number of nitrogens with zero attached hydrogens (tertiary/aromatic N) is 2. The summed E-state index contributed by atoms with van der Waals surface area (Å²) in [6.07, 6.45) is 0.980. The molecule has 6 heteroatoms. The third-order valence-electron chi connectivity index (χ3n) is 4.62. The van der Waals surface area contributed by atoms with Gasteiger partial charge in [-0.1, -0.05) is 42.5 Å². The first-order valence-electron chi connectivity index (χ1n) is 9.02. The molecule has 1 aromatic heterocycles. The molecule has 0 radical (unpaired) electrons. The monoisotopic (exact) mass is 359 g/mol. The lowest BCUT2D eigenvalue weighted by atomic mass is 9.96. The molecule has 27 heavy (non-hydrogen) atoms. The van der Waals surface area contributed by atoms with Gasteiger partial charge in [0.2, 0.25) is 0 Å². The fourth-order valence-corrected chi connectivity index (χ4v) is 3.16. The highest BCUT2D eigenvalue weighted by Gasteiger charge is 2.17. The number of carbonyl (C=O) groups is 1. The molecule has 1 aliphatic heterocycles. The Morgan fingerprint density at radius 1 is 0.963 bits per heavy atom. The average Bonchev–Trinajstić information content (AvgIpc) is 2.73. The van der Waals surface area contributed by atoms with Crippen LogP contribution in [0, 0.1) is 0 Å². The van der Waals surface area contributed by atoms with Crippen LogP contribution in [0.2, 0.25) is 0 Å². The topological polar surface area (TPSA) is 78.9 Å². The minimum atomic E-state index is -0.272. The van der Waals surface area contributed by atoms with Gasteiger partial charge < -0.3 is 16.0 Å². The Bertz CT molecular complexity index is 911. The van der Waals surface area contributed by atoms with Gasteiger partial charge in [-0.05, 0) is 41.8 Å². The maximum absolute atomic E-state index is 12.2. The number of hydrogen-bond donors (Lipinski definition) is 3. The van der Waals surface area contributed by atoms with Crippen LogP contribution in [0.25, 0.3) is 0 Å². The number of nitrogens with one attached hydrogen (secondary N) is 3. The number of benzene rings is 2. The van der Waals surface area contributed by atoms with Gasteiger partial charge in [0.05, 0.1) is 0 Å². The second kappa shape index (κ2) is 7.97. The molecule has 1 aliphatic rings. The van der Waals surface area contributed by atoms with Crippen LogP contribution in [-0.2, 0) is 13.0 Å². The van der Waals surface area contributed by atoms with E-state index in [1.54, 1.807) is 12.1 Å². The van der Waals surface area contributed by atoms with Crippen molar-refractivity contribution in [3.8, 4) is 0 Å². The molecule has 3 N–H and O–H groups in total. The quantitative estimate of drug-likeness (QED) is 0.653. The van der Waals surface area contributed by atoms with Crippen molar-refractivity contribution in [2.24, 2.45) is 0 Å². The van der Waals surface area contributed by atoms with Crippen LogP contribution < -0.4 is 16.0 Å². The number of para-hydroxylation sites is 1. The molecule has 1 amide bonds. The van der Waals surface area contributed by atoms with Crippen molar-refractivity contribution >= 4 is 17.4 Å². The van der Waals surface area contributed by atoms with E-state index in [1.807, 2.05) is 30.3 Å². The Hall–Kier alpha value is -3.25. The Kier molecular flexibility index (Phi) is 5.07. The first-order chi connectivity index (χ1) is 13.3. The van der Waals surface area contributed by atoms with E-state index in [2.05, 4.69) is 50.4 Å². The van der Waals surface area contributed by atoms with E-state index < -0.39 is 0 Å². The van der Waals surface area contributed by atoms with E-state index >= 15 is 0 Å². The highest BCUT2D eigenvalue weighted by Crippen LogP contribution is 2.16. The van der Waals surface area contributed by atoms with Gasteiger partial charge in [-0.3, -0.25) is 4.79 Å². The lowest BCUT2D eigenvalue weighted by Gasteiger charge is -2.26. The fraction of sp³-hybridized carbons (Fsp3) is 0.190. The lowest BCUT2D eigenvalue weighted by Crippen LogP contribution is -2.40. The average molecular weight is 359 g/mol. The molecule has 1 unspecified atom stereocenters. The molecule has 2 heterocycles. The van der Waals surface area contributed by atoms with Gasteiger partial charge in [0.15, 0.2) is 5.69 Å². The molecule has 4 rings (SSSR count). The van der Waals surface area contributed by atoms with Gasteiger partial charge in [0.25, 0.3) is 5.91 Å². The molecular formula is C21H21N5O. The van der Waals surface area contributed by atoms with Gasteiger partial charge >= 0.3 is 0 Å². The minimum absolute atomic E-state index is 0.272. The maximum Gasteiger partial charge on any atom is 0.276 e. The molecular weight excluding hydrogens is 338 g/mol. The minimum Gasteiger partial charge on any atom is -0.367 e. The van der Waals surface area contributed by atoms with E-state index in [9.17, 15) is 4.79 Å². The largest absolute Gasteiger partial charge is 0.367 e. The summed E-state index contributed by atoms with van der Waals surface area (Å²) in [4.78, 5) is 12.2. The number of aromatic nitrogens is 2. The second-order valence-electron chi connectivity index (χ2n) is 6.56. The summed E-state index contributed by atoms with van der Waals surface area (Å²) in [6.45, 7) is 1.63. The summed E-state index contributed by atoms with van der Waals surface area (Å²) < 4.78 is 0. The van der Waals surface area contributed by atoms with Crippen LogP contribution in [0.15, 0.2) is 66.7 Å². The van der Waals surface area contributed by atoms with E-state index in [0.717, 1.165) is 25.2 Å². The zero-order chi connectivity index (χ0) is 18.5. The zero-order valence-electron chi connectivity index (χ0n) is 14.9. The molecule has 0 spiro atoms. The molecule has 0 saturated heterocycles. The number of anilines is 2. The second-order valence-corrected chi connectivity index (χ2v) is 6.56. The number of fused-ring (bicyclic) bond motifs is 1. The van der Waals surface area contributed by atoms with Gasteiger partial charge in [0.1, 0.15) is 5.82 Å². The van der Waals surface area contributed by atoms with Crippen LogP contribution in [0.5, 0.6) is 0 Å². The molecule has 136 valence electrons. The van der Waals surface area contributed by atoms with Crippen LogP contribution in [-0.4, -0.2) is 28.7 Å².